The summed E-state index contributed by atoms with van der Waals surface area (Å²) in [6, 6.07) is 9.42. The quantitative estimate of drug-likeness (QED) is 0.780. The molecule has 0 spiro atoms. The lowest BCUT2D eigenvalue weighted by Gasteiger charge is -2.02. The summed E-state index contributed by atoms with van der Waals surface area (Å²) in [6.07, 6.45) is 2.39. The summed E-state index contributed by atoms with van der Waals surface area (Å²) in [6.45, 7) is 2.34. The minimum atomic E-state index is -0.251. The van der Waals surface area contributed by atoms with Crippen LogP contribution in [0, 0.1) is 6.92 Å². The van der Waals surface area contributed by atoms with Gasteiger partial charge in [0.1, 0.15) is 4.88 Å². The fraction of sp³-hybridized carbons (Fsp3) is 0.231. The Morgan fingerprint density at radius 2 is 2.24 bits per heavy atom. The highest BCUT2D eigenvalue weighted by Crippen LogP contribution is 2.15. The smallest absolute Gasteiger partial charge is 0.348 e. The van der Waals surface area contributed by atoms with Gasteiger partial charge in [-0.2, -0.15) is 0 Å². The van der Waals surface area contributed by atoms with Gasteiger partial charge in [0, 0.05) is 23.2 Å². The van der Waals surface area contributed by atoms with Gasteiger partial charge in [0.05, 0.1) is 6.61 Å². The Labute approximate surface area is 104 Å². The minimum Gasteiger partial charge on any atom is -0.461 e. The Morgan fingerprint density at radius 1 is 1.35 bits per heavy atom. The van der Waals surface area contributed by atoms with Gasteiger partial charge in [-0.25, -0.2) is 4.79 Å². The van der Waals surface area contributed by atoms with Crippen molar-refractivity contribution in [1.29, 1.82) is 0 Å². The molecule has 2 aromatic rings. The van der Waals surface area contributed by atoms with E-state index in [1.54, 1.807) is 12.3 Å². The van der Waals surface area contributed by atoms with Crippen LogP contribution in [0.2, 0.25) is 0 Å². The second-order valence-electron chi connectivity index (χ2n) is 3.62. The summed E-state index contributed by atoms with van der Waals surface area (Å²) in [7, 11) is 0. The van der Waals surface area contributed by atoms with Gasteiger partial charge in [0.2, 0.25) is 0 Å². The van der Waals surface area contributed by atoms with E-state index in [2.05, 4.69) is 4.98 Å². The van der Waals surface area contributed by atoms with Gasteiger partial charge in [-0.1, -0.05) is 6.07 Å². The van der Waals surface area contributed by atoms with E-state index in [1.807, 2.05) is 31.2 Å². The van der Waals surface area contributed by atoms with Crippen molar-refractivity contribution < 1.29 is 9.53 Å². The molecule has 2 heterocycles. The zero-order valence-electron chi connectivity index (χ0n) is 9.55. The molecule has 0 aliphatic carbocycles. The van der Waals surface area contributed by atoms with Crippen LogP contribution in [-0.2, 0) is 11.2 Å². The Kier molecular flexibility index (Phi) is 3.88. The molecule has 0 N–H and O–H groups in total. The van der Waals surface area contributed by atoms with Crippen molar-refractivity contribution in [2.45, 2.75) is 13.3 Å². The van der Waals surface area contributed by atoms with Crippen molar-refractivity contribution in [1.82, 2.24) is 4.98 Å². The minimum absolute atomic E-state index is 0.251. The van der Waals surface area contributed by atoms with Crippen molar-refractivity contribution in [3.05, 3.63) is 52.0 Å². The molecular weight excluding hydrogens is 234 g/mol. The average Bonchev–Trinajstić information content (AvgIpc) is 2.77. The highest BCUT2D eigenvalue weighted by atomic mass is 32.1. The summed E-state index contributed by atoms with van der Waals surface area (Å²) in [5, 5.41) is 0. The number of hydrogen-bond donors (Lipinski definition) is 0. The van der Waals surface area contributed by atoms with E-state index < -0.39 is 0 Å². The molecule has 0 bridgehead atoms. The first-order valence-electron chi connectivity index (χ1n) is 5.39. The maximum Gasteiger partial charge on any atom is 0.348 e. The van der Waals surface area contributed by atoms with Gasteiger partial charge >= 0.3 is 5.97 Å². The molecule has 0 fully saturated rings. The Morgan fingerprint density at radius 3 is 2.88 bits per heavy atom. The standard InChI is InChI=1S/C13H13NO2S/c1-10-5-6-12(17-10)13(15)16-9-7-11-4-2-3-8-14-11/h2-6,8H,7,9H2,1H3. The van der Waals surface area contributed by atoms with Crippen LogP contribution in [0.5, 0.6) is 0 Å². The first-order valence-corrected chi connectivity index (χ1v) is 6.21. The van der Waals surface area contributed by atoms with Gasteiger partial charge in [-0.05, 0) is 31.2 Å². The van der Waals surface area contributed by atoms with Crippen LogP contribution in [0.1, 0.15) is 20.2 Å². The third kappa shape index (κ3) is 3.39. The lowest BCUT2D eigenvalue weighted by Crippen LogP contribution is -2.07. The molecule has 3 nitrogen and oxygen atoms in total. The van der Waals surface area contributed by atoms with Crippen LogP contribution in [0.4, 0.5) is 0 Å². The second-order valence-corrected chi connectivity index (χ2v) is 4.91. The monoisotopic (exact) mass is 247 g/mol. The number of aryl methyl sites for hydroxylation is 1. The SMILES string of the molecule is Cc1ccc(C(=O)OCCc2ccccn2)s1. The number of carbonyl (C=O) groups is 1. The molecule has 0 unspecified atom stereocenters. The van der Waals surface area contributed by atoms with Crippen LogP contribution < -0.4 is 0 Å². The molecule has 0 saturated carbocycles. The number of pyridine rings is 1. The van der Waals surface area contributed by atoms with Gasteiger partial charge in [-0.3, -0.25) is 4.98 Å². The molecule has 0 saturated heterocycles. The lowest BCUT2D eigenvalue weighted by atomic mass is 10.3. The molecule has 0 amide bonds. The Bertz CT molecular complexity index is 493. The van der Waals surface area contributed by atoms with Gasteiger partial charge < -0.3 is 4.74 Å². The first-order chi connectivity index (χ1) is 8.25. The number of rotatable bonds is 4. The average molecular weight is 247 g/mol. The fourth-order valence-corrected chi connectivity index (χ4v) is 2.17. The van der Waals surface area contributed by atoms with Gasteiger partial charge in [0.15, 0.2) is 0 Å². The second kappa shape index (κ2) is 5.59. The molecule has 2 aromatic heterocycles. The van der Waals surface area contributed by atoms with Gasteiger partial charge in [0.25, 0.3) is 0 Å². The van der Waals surface area contributed by atoms with Gasteiger partial charge in [-0.15, -0.1) is 11.3 Å². The number of thiophene rings is 1. The summed E-state index contributed by atoms with van der Waals surface area (Å²) in [5.41, 5.74) is 0.933. The molecule has 2 rings (SSSR count). The van der Waals surface area contributed by atoms with E-state index in [9.17, 15) is 4.79 Å². The van der Waals surface area contributed by atoms with E-state index in [4.69, 9.17) is 4.74 Å². The van der Waals surface area contributed by atoms with E-state index in [-0.39, 0.29) is 5.97 Å². The highest BCUT2D eigenvalue weighted by molar-refractivity contribution is 7.13. The predicted octanol–water partition coefficient (Wildman–Crippen LogP) is 2.85. The normalized spacial score (nSPS) is 10.2. The number of hydrogen-bond acceptors (Lipinski definition) is 4. The maximum absolute atomic E-state index is 11.6. The third-order valence-electron chi connectivity index (χ3n) is 2.26. The zero-order valence-corrected chi connectivity index (χ0v) is 10.4. The number of nitrogens with zero attached hydrogens (tertiary/aromatic N) is 1. The maximum atomic E-state index is 11.6. The van der Waals surface area contributed by atoms with Crippen LogP contribution in [0.3, 0.4) is 0 Å². The van der Waals surface area contributed by atoms with E-state index >= 15 is 0 Å². The van der Waals surface area contributed by atoms with Crippen LogP contribution in [0.15, 0.2) is 36.5 Å². The lowest BCUT2D eigenvalue weighted by molar-refractivity contribution is 0.0514. The number of esters is 1. The third-order valence-corrected chi connectivity index (χ3v) is 3.24. The molecule has 17 heavy (non-hydrogen) atoms. The summed E-state index contributed by atoms with van der Waals surface area (Å²) >= 11 is 1.45. The van der Waals surface area contributed by atoms with Crippen LogP contribution >= 0.6 is 11.3 Å². The predicted molar refractivity (Wildman–Crippen MR) is 67.3 cm³/mol. The van der Waals surface area contributed by atoms with Crippen molar-refractivity contribution in [3.63, 3.8) is 0 Å². The van der Waals surface area contributed by atoms with Crippen molar-refractivity contribution >= 4 is 17.3 Å². The molecule has 0 radical (unpaired) electrons. The zero-order chi connectivity index (χ0) is 12.1. The van der Waals surface area contributed by atoms with Crippen LogP contribution in [0.25, 0.3) is 0 Å². The molecule has 88 valence electrons. The van der Waals surface area contributed by atoms with E-state index in [1.165, 1.54) is 11.3 Å². The summed E-state index contributed by atoms with van der Waals surface area (Å²) in [5.74, 6) is -0.251. The summed E-state index contributed by atoms with van der Waals surface area (Å²) in [4.78, 5) is 17.5. The molecule has 0 atom stereocenters. The summed E-state index contributed by atoms with van der Waals surface area (Å²) < 4.78 is 5.18. The highest BCUT2D eigenvalue weighted by Gasteiger charge is 2.09. The topological polar surface area (TPSA) is 39.2 Å². The Hall–Kier alpha value is -1.68. The van der Waals surface area contributed by atoms with E-state index in [0.717, 1.165) is 10.6 Å². The van der Waals surface area contributed by atoms with Crippen molar-refractivity contribution in [2.24, 2.45) is 0 Å². The molecular formula is C13H13NO2S. The molecule has 0 aliphatic rings. The van der Waals surface area contributed by atoms with Crippen molar-refractivity contribution in [3.8, 4) is 0 Å². The molecule has 0 aliphatic heterocycles. The number of carbonyl (C=O) groups excluding carboxylic acids is 1. The van der Waals surface area contributed by atoms with Crippen LogP contribution in [-0.4, -0.2) is 17.6 Å². The van der Waals surface area contributed by atoms with Crippen molar-refractivity contribution in [2.75, 3.05) is 6.61 Å². The fourth-order valence-electron chi connectivity index (χ4n) is 1.41. The Balaban J connectivity index is 1.81. The number of ether oxygens (including phenoxy) is 1. The first kappa shape index (κ1) is 11.8. The molecule has 4 heteroatoms. The molecule has 0 aromatic carbocycles. The van der Waals surface area contributed by atoms with E-state index in [0.29, 0.717) is 17.9 Å². The largest absolute Gasteiger partial charge is 0.461 e. The number of aromatic nitrogens is 1.